The molecule has 0 aliphatic carbocycles. The van der Waals surface area contributed by atoms with Gasteiger partial charge in [-0.3, -0.25) is 4.98 Å². The predicted molar refractivity (Wildman–Crippen MR) is 85.1 cm³/mol. The lowest BCUT2D eigenvalue weighted by molar-refractivity contribution is 0.510. The standard InChI is InChI=1S/C17H20ClFN2/c1-3-9-21-16(14-7-5-10-20-12(14)2)11-13-6-4-8-15(18)17(13)19/h4-8,10,16,21H,3,9,11H2,1-2H3. The van der Waals surface area contributed by atoms with Crippen LogP contribution in [0.25, 0.3) is 0 Å². The van der Waals surface area contributed by atoms with E-state index in [1.165, 1.54) is 0 Å². The Bertz CT molecular complexity index is 601. The normalized spacial score (nSPS) is 12.4. The fourth-order valence-corrected chi connectivity index (χ4v) is 2.60. The molecule has 21 heavy (non-hydrogen) atoms. The molecule has 0 saturated heterocycles. The number of aryl methyl sites for hydroxylation is 1. The molecule has 0 saturated carbocycles. The Balaban J connectivity index is 2.28. The molecule has 0 aliphatic rings. The van der Waals surface area contributed by atoms with Gasteiger partial charge >= 0.3 is 0 Å². The summed E-state index contributed by atoms with van der Waals surface area (Å²) in [6.07, 6.45) is 3.35. The highest BCUT2D eigenvalue weighted by Crippen LogP contribution is 2.25. The zero-order chi connectivity index (χ0) is 15.2. The quantitative estimate of drug-likeness (QED) is 0.852. The van der Waals surface area contributed by atoms with Crippen LogP contribution in [0, 0.1) is 12.7 Å². The van der Waals surface area contributed by atoms with Crippen molar-refractivity contribution in [3.05, 3.63) is 64.2 Å². The molecule has 0 radical (unpaired) electrons. The second kappa shape index (κ2) is 7.53. The Kier molecular flexibility index (Phi) is 5.71. The summed E-state index contributed by atoms with van der Waals surface area (Å²) in [5.74, 6) is -0.330. The van der Waals surface area contributed by atoms with Crippen molar-refractivity contribution in [1.29, 1.82) is 0 Å². The van der Waals surface area contributed by atoms with Crippen molar-refractivity contribution < 1.29 is 4.39 Å². The summed E-state index contributed by atoms with van der Waals surface area (Å²) in [4.78, 5) is 4.33. The summed E-state index contributed by atoms with van der Waals surface area (Å²) in [5, 5.41) is 3.64. The number of pyridine rings is 1. The van der Waals surface area contributed by atoms with Crippen LogP contribution in [0.4, 0.5) is 4.39 Å². The van der Waals surface area contributed by atoms with Crippen molar-refractivity contribution in [1.82, 2.24) is 10.3 Å². The number of hydrogen-bond acceptors (Lipinski definition) is 2. The maximum atomic E-state index is 14.1. The Morgan fingerprint density at radius 1 is 1.29 bits per heavy atom. The molecule has 4 heteroatoms. The van der Waals surface area contributed by atoms with Crippen LogP contribution in [0.5, 0.6) is 0 Å². The number of aromatic nitrogens is 1. The van der Waals surface area contributed by atoms with E-state index in [-0.39, 0.29) is 16.9 Å². The topological polar surface area (TPSA) is 24.9 Å². The second-order valence-corrected chi connectivity index (χ2v) is 5.51. The Morgan fingerprint density at radius 2 is 2.10 bits per heavy atom. The van der Waals surface area contributed by atoms with Crippen LogP contribution in [0.2, 0.25) is 5.02 Å². The minimum absolute atomic E-state index is 0.0339. The van der Waals surface area contributed by atoms with Gasteiger partial charge in [-0.2, -0.15) is 0 Å². The summed E-state index contributed by atoms with van der Waals surface area (Å²) in [6.45, 7) is 4.96. The number of halogens is 2. The summed E-state index contributed by atoms with van der Waals surface area (Å²) >= 11 is 5.87. The van der Waals surface area contributed by atoms with Crippen LogP contribution < -0.4 is 5.32 Å². The Morgan fingerprint density at radius 3 is 2.81 bits per heavy atom. The van der Waals surface area contributed by atoms with Crippen LogP contribution in [-0.4, -0.2) is 11.5 Å². The van der Waals surface area contributed by atoms with Gasteiger partial charge in [0.2, 0.25) is 0 Å². The molecular weight excluding hydrogens is 287 g/mol. The maximum absolute atomic E-state index is 14.1. The molecule has 1 heterocycles. The minimum Gasteiger partial charge on any atom is -0.310 e. The van der Waals surface area contributed by atoms with E-state index in [1.807, 2.05) is 19.1 Å². The summed E-state index contributed by atoms with van der Waals surface area (Å²) in [5.41, 5.74) is 2.69. The third-order valence-electron chi connectivity index (χ3n) is 3.52. The van der Waals surface area contributed by atoms with Gasteiger partial charge in [-0.1, -0.05) is 36.7 Å². The van der Waals surface area contributed by atoms with Crippen molar-refractivity contribution in [2.75, 3.05) is 6.54 Å². The zero-order valence-electron chi connectivity index (χ0n) is 12.4. The molecule has 2 nitrogen and oxygen atoms in total. The first kappa shape index (κ1) is 15.9. The molecule has 1 N–H and O–H groups in total. The number of nitrogens with one attached hydrogen (secondary N) is 1. The van der Waals surface area contributed by atoms with Crippen LogP contribution in [0.1, 0.15) is 36.2 Å². The highest BCUT2D eigenvalue weighted by atomic mass is 35.5. The van der Waals surface area contributed by atoms with E-state index in [2.05, 4.69) is 17.2 Å². The Hall–Kier alpha value is -1.45. The monoisotopic (exact) mass is 306 g/mol. The first-order valence-corrected chi connectivity index (χ1v) is 7.59. The van der Waals surface area contributed by atoms with Crippen LogP contribution in [0.15, 0.2) is 36.5 Å². The van der Waals surface area contributed by atoms with Gasteiger partial charge in [0.15, 0.2) is 0 Å². The number of nitrogens with zero attached hydrogens (tertiary/aromatic N) is 1. The second-order valence-electron chi connectivity index (χ2n) is 5.10. The van der Waals surface area contributed by atoms with Gasteiger partial charge in [-0.05, 0) is 49.6 Å². The lowest BCUT2D eigenvalue weighted by Gasteiger charge is -2.21. The highest BCUT2D eigenvalue weighted by molar-refractivity contribution is 6.30. The average molecular weight is 307 g/mol. The largest absolute Gasteiger partial charge is 0.310 e. The van der Waals surface area contributed by atoms with Crippen LogP contribution >= 0.6 is 11.6 Å². The molecular formula is C17H20ClFN2. The van der Waals surface area contributed by atoms with E-state index < -0.39 is 0 Å². The van der Waals surface area contributed by atoms with Crippen LogP contribution in [0.3, 0.4) is 0 Å². The van der Waals surface area contributed by atoms with Gasteiger partial charge in [0.05, 0.1) is 5.02 Å². The van der Waals surface area contributed by atoms with E-state index in [9.17, 15) is 4.39 Å². The maximum Gasteiger partial charge on any atom is 0.145 e. The number of benzene rings is 1. The third-order valence-corrected chi connectivity index (χ3v) is 3.81. The third kappa shape index (κ3) is 4.02. The first-order chi connectivity index (χ1) is 10.1. The zero-order valence-corrected chi connectivity index (χ0v) is 13.1. The van der Waals surface area contributed by atoms with E-state index in [4.69, 9.17) is 11.6 Å². The number of hydrogen-bond donors (Lipinski definition) is 1. The summed E-state index contributed by atoms with van der Waals surface area (Å²) in [6, 6.07) is 9.13. The molecule has 1 aromatic carbocycles. The molecule has 0 spiro atoms. The molecule has 0 bridgehead atoms. The SMILES string of the molecule is CCCNC(Cc1cccc(Cl)c1F)c1cccnc1C. The van der Waals surface area contributed by atoms with Crippen molar-refractivity contribution >= 4 is 11.6 Å². The fraction of sp³-hybridized carbons (Fsp3) is 0.353. The lowest BCUT2D eigenvalue weighted by atomic mass is 9.97. The van der Waals surface area contributed by atoms with Gasteiger partial charge in [0.25, 0.3) is 0 Å². The average Bonchev–Trinajstić information content (AvgIpc) is 2.48. The van der Waals surface area contributed by atoms with Crippen LogP contribution in [-0.2, 0) is 6.42 Å². The number of rotatable bonds is 6. The van der Waals surface area contributed by atoms with E-state index in [0.717, 1.165) is 24.2 Å². The molecule has 2 rings (SSSR count). The molecule has 1 unspecified atom stereocenters. The van der Waals surface area contributed by atoms with E-state index in [1.54, 1.807) is 24.4 Å². The first-order valence-electron chi connectivity index (χ1n) is 7.21. The summed E-state index contributed by atoms with van der Waals surface area (Å²) in [7, 11) is 0. The molecule has 112 valence electrons. The van der Waals surface area contributed by atoms with Crippen molar-refractivity contribution in [3.8, 4) is 0 Å². The van der Waals surface area contributed by atoms with Gasteiger partial charge in [0.1, 0.15) is 5.82 Å². The van der Waals surface area contributed by atoms with Gasteiger partial charge < -0.3 is 5.32 Å². The Labute approximate surface area is 130 Å². The van der Waals surface area contributed by atoms with Crippen molar-refractivity contribution in [2.24, 2.45) is 0 Å². The molecule has 0 fully saturated rings. The highest BCUT2D eigenvalue weighted by Gasteiger charge is 2.17. The smallest absolute Gasteiger partial charge is 0.145 e. The summed E-state index contributed by atoms with van der Waals surface area (Å²) < 4.78 is 14.1. The van der Waals surface area contributed by atoms with Crippen molar-refractivity contribution in [3.63, 3.8) is 0 Å². The van der Waals surface area contributed by atoms with Gasteiger partial charge in [0, 0.05) is 17.9 Å². The van der Waals surface area contributed by atoms with Gasteiger partial charge in [-0.25, -0.2) is 4.39 Å². The van der Waals surface area contributed by atoms with E-state index >= 15 is 0 Å². The van der Waals surface area contributed by atoms with E-state index in [0.29, 0.717) is 12.0 Å². The molecule has 1 atom stereocenters. The molecule has 0 amide bonds. The van der Waals surface area contributed by atoms with Gasteiger partial charge in [-0.15, -0.1) is 0 Å². The predicted octanol–water partition coefficient (Wildman–Crippen LogP) is 4.47. The molecule has 1 aromatic heterocycles. The van der Waals surface area contributed by atoms with Crippen molar-refractivity contribution in [2.45, 2.75) is 32.7 Å². The minimum atomic E-state index is -0.330. The lowest BCUT2D eigenvalue weighted by Crippen LogP contribution is -2.25. The molecule has 2 aromatic rings. The fourth-order valence-electron chi connectivity index (χ4n) is 2.40. The molecule has 0 aliphatic heterocycles.